The van der Waals surface area contributed by atoms with Gasteiger partial charge in [-0.3, -0.25) is 0 Å². The Labute approximate surface area is 331 Å². The second-order valence-corrected chi connectivity index (χ2v) is 19.5. The number of rotatable bonds is 2. The minimum Gasteiger partial charge on any atom is -0.310 e. The van der Waals surface area contributed by atoms with Gasteiger partial charge in [0.2, 0.25) is 0 Å². The zero-order chi connectivity index (χ0) is 37.4. The second kappa shape index (κ2) is 11.6. The van der Waals surface area contributed by atoms with Crippen LogP contribution in [0.3, 0.4) is 0 Å². The fourth-order valence-electron chi connectivity index (χ4n) is 9.21. The molecular weight excluding hydrogens is 704 g/mol. The van der Waals surface area contributed by atoms with E-state index in [1.165, 1.54) is 102 Å². The number of fused-ring (bicyclic) bond motifs is 12. The van der Waals surface area contributed by atoms with Crippen LogP contribution in [-0.2, 0) is 10.8 Å². The summed E-state index contributed by atoms with van der Waals surface area (Å²) in [6.45, 7) is 13.8. The molecule has 2 nitrogen and oxygen atoms in total. The first-order valence-electron chi connectivity index (χ1n) is 19.4. The van der Waals surface area contributed by atoms with Crippen molar-refractivity contribution < 1.29 is 0 Å². The van der Waals surface area contributed by atoms with Gasteiger partial charge in [0.1, 0.15) is 0 Å². The minimum absolute atomic E-state index is 0.0654. The van der Waals surface area contributed by atoms with Crippen molar-refractivity contribution in [1.29, 1.82) is 0 Å². The highest BCUT2D eigenvalue weighted by Gasteiger charge is 2.45. The van der Waals surface area contributed by atoms with Gasteiger partial charge in [0.05, 0.1) is 20.8 Å². The van der Waals surface area contributed by atoms with E-state index in [0.717, 1.165) is 0 Å². The predicted molar refractivity (Wildman–Crippen MR) is 244 cm³/mol. The standard InChI is InChI=1S/C50H41BN2S2/c1-49(2,3)30-18-22-32(23-19-30)52-40-14-11-15-41-44(40)51(38-28-26-36-34-12-7-9-16-42(34)54-47(36)45(38)52)39-29-27-37-35-13-8-10-17-43(35)55-48(37)46(39)53(41)33-24-20-31(21-25-33)50(4,5)6/h7-29H,1-6H3. The molecule has 11 rings (SSSR count). The molecule has 0 atom stereocenters. The molecule has 55 heavy (non-hydrogen) atoms. The molecule has 2 aromatic heterocycles. The highest BCUT2D eigenvalue weighted by atomic mass is 32.1. The maximum absolute atomic E-state index is 2.58. The highest BCUT2D eigenvalue weighted by Crippen LogP contribution is 2.51. The van der Waals surface area contributed by atoms with E-state index in [9.17, 15) is 0 Å². The van der Waals surface area contributed by atoms with Crippen LogP contribution in [0.15, 0.2) is 140 Å². The summed E-state index contributed by atoms with van der Waals surface area (Å²) in [5.41, 5.74) is 14.4. The van der Waals surface area contributed by atoms with E-state index in [4.69, 9.17) is 0 Å². The van der Waals surface area contributed by atoms with E-state index in [1.54, 1.807) is 0 Å². The number of anilines is 6. The normalized spacial score (nSPS) is 13.9. The summed E-state index contributed by atoms with van der Waals surface area (Å²) in [5, 5.41) is 5.31. The first kappa shape index (κ1) is 33.0. The number of benzene rings is 7. The number of nitrogens with zero attached hydrogens (tertiary/aromatic N) is 2. The zero-order valence-corrected chi connectivity index (χ0v) is 33.7. The molecule has 2 aliphatic heterocycles. The van der Waals surface area contributed by atoms with Gasteiger partial charge in [-0.2, -0.15) is 0 Å². The van der Waals surface area contributed by atoms with E-state index in [1.807, 2.05) is 22.7 Å². The third-order valence-corrected chi connectivity index (χ3v) is 14.4. The number of hydrogen-bond acceptors (Lipinski definition) is 4. The summed E-state index contributed by atoms with van der Waals surface area (Å²) < 4.78 is 5.35. The van der Waals surface area contributed by atoms with Crippen molar-refractivity contribution in [2.45, 2.75) is 52.4 Å². The smallest absolute Gasteiger partial charge is 0.252 e. The minimum atomic E-state index is 0.0654. The zero-order valence-electron chi connectivity index (χ0n) is 32.1. The van der Waals surface area contributed by atoms with E-state index >= 15 is 0 Å². The van der Waals surface area contributed by atoms with Crippen LogP contribution in [0.2, 0.25) is 0 Å². The van der Waals surface area contributed by atoms with Crippen LogP contribution < -0.4 is 26.2 Å². The van der Waals surface area contributed by atoms with Gasteiger partial charge in [0.15, 0.2) is 0 Å². The molecule has 5 heteroatoms. The van der Waals surface area contributed by atoms with Gasteiger partial charge in [-0.15, -0.1) is 22.7 Å². The van der Waals surface area contributed by atoms with Crippen LogP contribution in [-0.4, -0.2) is 6.71 Å². The molecule has 0 aliphatic carbocycles. The maximum Gasteiger partial charge on any atom is 0.252 e. The van der Waals surface area contributed by atoms with Gasteiger partial charge in [-0.25, -0.2) is 0 Å². The monoisotopic (exact) mass is 744 g/mol. The van der Waals surface area contributed by atoms with Gasteiger partial charge in [-0.05, 0) is 86.9 Å². The van der Waals surface area contributed by atoms with Crippen molar-refractivity contribution in [3.8, 4) is 0 Å². The molecule has 0 unspecified atom stereocenters. The SMILES string of the molecule is CC(C)(C)c1ccc(N2c3cccc4c3B(c3ccc5c(sc6ccccc65)c32)c2ccc3c(sc5ccccc53)c2N4c2ccc(C(C)(C)C)cc2)cc1. The molecule has 0 saturated heterocycles. The molecular formula is C50H41BN2S2. The second-order valence-electron chi connectivity index (χ2n) is 17.4. The Hall–Kier alpha value is -5.36. The first-order valence-corrected chi connectivity index (χ1v) is 21.0. The Morgan fingerprint density at radius 2 is 0.836 bits per heavy atom. The third kappa shape index (κ3) is 4.79. The van der Waals surface area contributed by atoms with Crippen LogP contribution in [0, 0.1) is 0 Å². The van der Waals surface area contributed by atoms with E-state index in [2.05, 4.69) is 191 Å². The van der Waals surface area contributed by atoms with Crippen LogP contribution in [0.4, 0.5) is 34.1 Å². The fraction of sp³-hybridized carbons (Fsp3) is 0.160. The fourth-order valence-corrected chi connectivity index (χ4v) is 11.7. The topological polar surface area (TPSA) is 6.48 Å². The average Bonchev–Trinajstić information content (AvgIpc) is 3.76. The lowest BCUT2D eigenvalue weighted by Gasteiger charge is -2.44. The Kier molecular flexibility index (Phi) is 6.95. The lowest BCUT2D eigenvalue weighted by molar-refractivity contribution is 0.590. The third-order valence-electron chi connectivity index (χ3n) is 12.0. The summed E-state index contributed by atoms with van der Waals surface area (Å²) in [7, 11) is 0. The van der Waals surface area contributed by atoms with Gasteiger partial charge in [-0.1, -0.05) is 133 Å². The lowest BCUT2D eigenvalue weighted by atomic mass is 9.33. The van der Waals surface area contributed by atoms with Crippen molar-refractivity contribution in [3.63, 3.8) is 0 Å². The molecule has 0 N–H and O–H groups in total. The van der Waals surface area contributed by atoms with Gasteiger partial charge < -0.3 is 9.80 Å². The summed E-state index contributed by atoms with van der Waals surface area (Å²) >= 11 is 3.86. The van der Waals surface area contributed by atoms with Crippen LogP contribution in [0.1, 0.15) is 52.7 Å². The molecule has 0 fully saturated rings. The molecule has 4 heterocycles. The van der Waals surface area contributed by atoms with Gasteiger partial charge >= 0.3 is 0 Å². The number of thiophene rings is 2. The molecule has 7 aromatic carbocycles. The lowest BCUT2D eigenvalue weighted by Crippen LogP contribution is -2.61. The highest BCUT2D eigenvalue weighted by molar-refractivity contribution is 7.27. The van der Waals surface area contributed by atoms with Gasteiger partial charge in [0, 0.05) is 53.7 Å². The predicted octanol–water partition coefficient (Wildman–Crippen LogP) is 13.1. The van der Waals surface area contributed by atoms with Crippen molar-refractivity contribution in [1.82, 2.24) is 0 Å². The Balaban J connectivity index is 1.25. The summed E-state index contributed by atoms with van der Waals surface area (Å²) in [5.74, 6) is 0. The first-order chi connectivity index (χ1) is 26.6. The van der Waals surface area contributed by atoms with Crippen LogP contribution in [0.5, 0.6) is 0 Å². The summed E-state index contributed by atoms with van der Waals surface area (Å²) in [4.78, 5) is 5.16. The molecule has 9 aromatic rings. The molecule has 2 aliphatic rings. The quantitative estimate of drug-likeness (QED) is 0.163. The van der Waals surface area contributed by atoms with E-state index < -0.39 is 0 Å². The average molecular weight is 745 g/mol. The summed E-state index contributed by atoms with van der Waals surface area (Å²) in [6.07, 6.45) is 0. The number of hydrogen-bond donors (Lipinski definition) is 0. The van der Waals surface area contributed by atoms with Crippen molar-refractivity contribution in [3.05, 3.63) is 151 Å². The molecule has 266 valence electrons. The molecule has 0 radical (unpaired) electrons. The summed E-state index contributed by atoms with van der Waals surface area (Å²) in [6, 6.07) is 53.2. The Morgan fingerprint density at radius 3 is 1.25 bits per heavy atom. The Morgan fingerprint density at radius 1 is 0.418 bits per heavy atom. The Bertz CT molecular complexity index is 2810. The van der Waals surface area contributed by atoms with Crippen molar-refractivity contribution in [2.24, 2.45) is 0 Å². The van der Waals surface area contributed by atoms with Crippen molar-refractivity contribution >= 4 is 120 Å². The van der Waals surface area contributed by atoms with Crippen molar-refractivity contribution in [2.75, 3.05) is 9.80 Å². The van der Waals surface area contributed by atoms with Crippen LogP contribution in [0.25, 0.3) is 40.3 Å². The molecule has 0 amide bonds. The molecule has 0 bridgehead atoms. The van der Waals surface area contributed by atoms with Crippen LogP contribution >= 0.6 is 22.7 Å². The molecule has 0 saturated carbocycles. The van der Waals surface area contributed by atoms with E-state index in [0.29, 0.717) is 0 Å². The van der Waals surface area contributed by atoms with E-state index in [-0.39, 0.29) is 17.5 Å². The van der Waals surface area contributed by atoms with Gasteiger partial charge in [0.25, 0.3) is 6.71 Å². The maximum atomic E-state index is 2.58. The largest absolute Gasteiger partial charge is 0.310 e. The molecule has 0 spiro atoms.